The van der Waals surface area contributed by atoms with Crippen LogP contribution in [0, 0.1) is 24.2 Å². The zero-order valence-electron chi connectivity index (χ0n) is 29.7. The zero-order valence-corrected chi connectivity index (χ0v) is 29.7. The molecule has 1 aliphatic rings. The third-order valence-corrected chi connectivity index (χ3v) is 9.92. The minimum atomic E-state index is -0.860. The van der Waals surface area contributed by atoms with E-state index in [4.69, 9.17) is 10.8 Å². The van der Waals surface area contributed by atoms with Crippen molar-refractivity contribution in [3.8, 4) is 17.5 Å². The van der Waals surface area contributed by atoms with Crippen molar-refractivity contribution in [1.29, 1.82) is 5.26 Å². The zero-order chi connectivity index (χ0) is 36.0. The highest BCUT2D eigenvalue weighted by Crippen LogP contribution is 2.47. The Hall–Kier alpha value is -5.27. The van der Waals surface area contributed by atoms with Gasteiger partial charge in [0.1, 0.15) is 11.9 Å². The number of carbonyl (C=O) groups excluding carboxylic acids is 2. The Bertz CT molecular complexity index is 1910. The quantitative estimate of drug-likeness (QED) is 0.129. The predicted molar refractivity (Wildman–Crippen MR) is 197 cm³/mol. The number of amides is 2. The van der Waals surface area contributed by atoms with Crippen LogP contribution < -0.4 is 21.7 Å². The molecule has 5 rings (SSSR count). The number of nitrogens with two attached hydrogens (primary N) is 1. The lowest BCUT2D eigenvalue weighted by atomic mass is 9.67. The number of benzene rings is 3. The number of hydrogen-bond acceptors (Lipinski definition) is 7. The molecule has 1 aliphatic carbocycles. The maximum atomic E-state index is 13.1. The lowest BCUT2D eigenvalue weighted by Crippen LogP contribution is -2.45. The van der Waals surface area contributed by atoms with Crippen molar-refractivity contribution in [3.63, 3.8) is 0 Å². The van der Waals surface area contributed by atoms with Crippen molar-refractivity contribution in [2.75, 3.05) is 13.6 Å². The van der Waals surface area contributed by atoms with E-state index in [1.54, 1.807) is 7.05 Å². The van der Waals surface area contributed by atoms with E-state index in [2.05, 4.69) is 64.7 Å². The Kier molecular flexibility index (Phi) is 11.2. The summed E-state index contributed by atoms with van der Waals surface area (Å²) in [4.78, 5) is 29.5. The lowest BCUT2D eigenvalue weighted by molar-refractivity contribution is -0.120. The Morgan fingerprint density at radius 3 is 2.26 bits per heavy atom. The lowest BCUT2D eigenvalue weighted by Gasteiger charge is -2.37. The summed E-state index contributed by atoms with van der Waals surface area (Å²) in [5.41, 5.74) is 13.4. The molecule has 50 heavy (non-hydrogen) atoms. The first kappa shape index (κ1) is 36.0. The number of nitrogens with one attached hydrogen (secondary N) is 4. The van der Waals surface area contributed by atoms with E-state index in [1.165, 1.54) is 0 Å². The van der Waals surface area contributed by atoms with Gasteiger partial charge < -0.3 is 26.7 Å². The van der Waals surface area contributed by atoms with E-state index in [0.717, 1.165) is 45.4 Å². The molecule has 10 heteroatoms. The van der Waals surface area contributed by atoms with Crippen molar-refractivity contribution in [2.24, 2.45) is 11.7 Å². The van der Waals surface area contributed by atoms with Crippen LogP contribution in [0.4, 0.5) is 0 Å². The Balaban J connectivity index is 1.62. The number of nitrogens with zero attached hydrogens (tertiary/aromatic N) is 3. The molecule has 0 aliphatic heterocycles. The van der Waals surface area contributed by atoms with Gasteiger partial charge in [-0.15, -0.1) is 10.2 Å². The molecule has 0 saturated heterocycles. The number of aromatic nitrogens is 3. The van der Waals surface area contributed by atoms with Crippen LogP contribution in [0.25, 0.3) is 17.1 Å². The van der Waals surface area contributed by atoms with Crippen LogP contribution in [-0.2, 0) is 23.1 Å². The highest BCUT2D eigenvalue weighted by Gasteiger charge is 2.45. The Labute approximate surface area is 295 Å². The summed E-state index contributed by atoms with van der Waals surface area (Å²) in [5.74, 6) is 1.23. The van der Waals surface area contributed by atoms with Crippen molar-refractivity contribution in [2.45, 2.75) is 77.3 Å². The van der Waals surface area contributed by atoms with Crippen molar-refractivity contribution >= 4 is 17.5 Å². The topological polar surface area (TPSA) is 162 Å². The predicted octanol–water partition coefficient (Wildman–Crippen LogP) is 5.31. The highest BCUT2D eigenvalue weighted by molar-refractivity contribution is 5.94. The molecule has 260 valence electrons. The fourth-order valence-corrected chi connectivity index (χ4v) is 6.96. The molecule has 0 spiro atoms. The van der Waals surface area contributed by atoms with Crippen molar-refractivity contribution in [3.05, 3.63) is 112 Å². The van der Waals surface area contributed by atoms with Gasteiger partial charge in [0.25, 0.3) is 5.91 Å². The smallest absolute Gasteiger partial charge is 0.251 e. The molecule has 1 heterocycles. The number of aromatic amines is 1. The summed E-state index contributed by atoms with van der Waals surface area (Å²) >= 11 is 0. The van der Waals surface area contributed by atoms with Gasteiger partial charge >= 0.3 is 0 Å². The standard InChI is InChI=1S/C40H48N8O2/c1-7-24(2)18-33(22-41)45-36(49)23-44-26(4)21-40(39-46-37(47-48-39)28-10-8-25(3)9-11-28)34-16-14-29(27(5)42)19-30(34)12-13-31-20-32(38(50)43-6)15-17-35(31)40/h8-11,14-17,19-20,24,26,33,44H,5,7,12-13,18,21,23,42H2,1-4,6H3,(H,43,50)(H,45,49)(H,46,47,48)/t24-,26-,33?,40?/m0/s1. The number of aryl methyl sites for hydroxylation is 3. The van der Waals surface area contributed by atoms with Gasteiger partial charge in [0.05, 0.1) is 18.0 Å². The molecular weight excluding hydrogens is 624 g/mol. The molecule has 0 saturated carbocycles. The molecule has 2 unspecified atom stereocenters. The maximum Gasteiger partial charge on any atom is 0.251 e. The average Bonchev–Trinajstić information content (AvgIpc) is 3.57. The van der Waals surface area contributed by atoms with E-state index in [0.29, 0.717) is 54.5 Å². The molecule has 0 fully saturated rings. The monoisotopic (exact) mass is 672 g/mol. The van der Waals surface area contributed by atoms with Crippen molar-refractivity contribution in [1.82, 2.24) is 31.1 Å². The van der Waals surface area contributed by atoms with Crippen LogP contribution in [0.5, 0.6) is 0 Å². The van der Waals surface area contributed by atoms with Crippen LogP contribution in [0.1, 0.15) is 89.6 Å². The third-order valence-electron chi connectivity index (χ3n) is 9.92. The SMILES string of the molecule is C=C(N)c1ccc2c(c1)CCc1cc(C(=O)NC)ccc1C2(C[C@H](C)NCC(=O)NC(C#N)C[C@@H](C)CC)c1nnc(-c2ccc(C)cc2)[nH]1. The maximum absolute atomic E-state index is 13.1. The second-order valence-corrected chi connectivity index (χ2v) is 13.6. The van der Waals surface area contributed by atoms with Gasteiger partial charge in [-0.25, -0.2) is 0 Å². The number of carbonyl (C=O) groups is 2. The second-order valence-electron chi connectivity index (χ2n) is 13.6. The first-order chi connectivity index (χ1) is 24.0. The third kappa shape index (κ3) is 7.63. The van der Waals surface area contributed by atoms with E-state index in [1.807, 2.05) is 62.4 Å². The minimum Gasteiger partial charge on any atom is -0.399 e. The normalized spacial score (nSPS) is 16.9. The molecule has 0 bridgehead atoms. The summed E-state index contributed by atoms with van der Waals surface area (Å²) in [5, 5.41) is 28.2. The molecule has 0 radical (unpaired) electrons. The number of hydrogen-bond donors (Lipinski definition) is 5. The average molecular weight is 673 g/mol. The molecule has 4 atom stereocenters. The second kappa shape index (κ2) is 15.5. The fourth-order valence-electron chi connectivity index (χ4n) is 6.96. The van der Waals surface area contributed by atoms with Crippen LogP contribution in [-0.4, -0.2) is 52.7 Å². The molecular formula is C40H48N8O2. The van der Waals surface area contributed by atoms with E-state index >= 15 is 0 Å². The Morgan fingerprint density at radius 2 is 1.66 bits per heavy atom. The first-order valence-corrected chi connectivity index (χ1v) is 17.3. The Morgan fingerprint density at radius 1 is 1.02 bits per heavy atom. The summed E-state index contributed by atoms with van der Waals surface area (Å²) in [6.07, 6.45) is 3.43. The largest absolute Gasteiger partial charge is 0.399 e. The summed E-state index contributed by atoms with van der Waals surface area (Å²) in [6.45, 7) is 12.3. The molecule has 3 aromatic carbocycles. The fraction of sp³-hybridized carbons (Fsp3) is 0.375. The van der Waals surface area contributed by atoms with Crippen molar-refractivity contribution < 1.29 is 9.59 Å². The van der Waals surface area contributed by atoms with Gasteiger partial charge in [-0.2, -0.15) is 5.26 Å². The molecule has 2 amide bonds. The summed E-state index contributed by atoms with van der Waals surface area (Å²) in [7, 11) is 1.63. The molecule has 6 N–H and O–H groups in total. The molecule has 1 aromatic heterocycles. The number of rotatable bonds is 13. The van der Waals surface area contributed by atoms with Gasteiger partial charge in [0.2, 0.25) is 5.91 Å². The van der Waals surface area contributed by atoms with Crippen LogP contribution in [0.2, 0.25) is 0 Å². The number of fused-ring (bicyclic) bond motifs is 2. The number of nitriles is 1. The van der Waals surface area contributed by atoms with E-state index in [9.17, 15) is 14.9 Å². The van der Waals surface area contributed by atoms with Gasteiger partial charge in [-0.3, -0.25) is 9.59 Å². The van der Waals surface area contributed by atoms with Gasteiger partial charge in [0.15, 0.2) is 5.82 Å². The van der Waals surface area contributed by atoms with Crippen LogP contribution in [0.15, 0.2) is 67.2 Å². The van der Waals surface area contributed by atoms with Crippen LogP contribution in [0.3, 0.4) is 0 Å². The van der Waals surface area contributed by atoms with Crippen LogP contribution >= 0.6 is 0 Å². The first-order valence-electron chi connectivity index (χ1n) is 17.3. The van der Waals surface area contributed by atoms with Gasteiger partial charge in [-0.05, 0) is 91.5 Å². The number of H-pyrrole nitrogens is 1. The summed E-state index contributed by atoms with van der Waals surface area (Å²) in [6, 6.07) is 21.7. The summed E-state index contributed by atoms with van der Waals surface area (Å²) < 4.78 is 0. The highest BCUT2D eigenvalue weighted by atomic mass is 16.2. The van der Waals surface area contributed by atoms with E-state index in [-0.39, 0.29) is 24.4 Å². The van der Waals surface area contributed by atoms with Gasteiger partial charge in [-0.1, -0.05) is 74.9 Å². The van der Waals surface area contributed by atoms with Gasteiger partial charge in [0, 0.05) is 29.9 Å². The molecule has 10 nitrogen and oxygen atoms in total. The van der Waals surface area contributed by atoms with E-state index < -0.39 is 11.5 Å². The minimum absolute atomic E-state index is 0.0439. The molecule has 4 aromatic rings.